The van der Waals surface area contributed by atoms with Crippen LogP contribution in [-0.4, -0.2) is 59.2 Å². The minimum absolute atomic E-state index is 0.0947. The summed E-state index contributed by atoms with van der Waals surface area (Å²) in [6, 6.07) is 0.0626. The fourth-order valence-corrected chi connectivity index (χ4v) is 5.34. The van der Waals surface area contributed by atoms with Crippen molar-refractivity contribution >= 4 is 28.5 Å². The molecule has 0 bridgehead atoms. The first-order valence-electron chi connectivity index (χ1n) is 9.02. The topological polar surface area (TPSA) is 85.8 Å². The smallest absolute Gasteiger partial charge is 0.317 e. The van der Waals surface area contributed by atoms with Crippen LogP contribution in [-0.2, 0) is 4.79 Å². The predicted octanol–water partition coefficient (Wildman–Crippen LogP) is 2.01. The number of fused-ring (bicyclic) bond motifs is 1. The second-order valence-electron chi connectivity index (χ2n) is 7.46. The number of carbonyl (C=O) groups excluding carboxylic acids is 1. The lowest BCUT2D eigenvalue weighted by Gasteiger charge is -2.33. The van der Waals surface area contributed by atoms with Crippen molar-refractivity contribution in [1.29, 1.82) is 0 Å². The molecule has 25 heavy (non-hydrogen) atoms. The third-order valence-corrected chi connectivity index (χ3v) is 6.93. The second kappa shape index (κ2) is 6.48. The average Bonchev–Trinajstić information content (AvgIpc) is 3.31. The van der Waals surface area contributed by atoms with Gasteiger partial charge in [0.2, 0.25) is 0 Å². The molecule has 1 aromatic heterocycles. The highest BCUT2D eigenvalue weighted by Crippen LogP contribution is 2.48. The van der Waals surface area contributed by atoms with Gasteiger partial charge in [-0.15, -0.1) is 11.3 Å². The molecular formula is C17H24N4O3S. The van der Waals surface area contributed by atoms with Crippen LogP contribution < -0.4 is 10.2 Å². The van der Waals surface area contributed by atoms with Gasteiger partial charge in [-0.3, -0.25) is 4.79 Å². The van der Waals surface area contributed by atoms with E-state index in [1.165, 1.54) is 0 Å². The van der Waals surface area contributed by atoms with Crippen LogP contribution in [0.25, 0.3) is 0 Å². The number of urea groups is 1. The third kappa shape index (κ3) is 2.96. The Bertz CT molecular complexity index is 644. The largest absolute Gasteiger partial charge is 0.481 e. The maximum atomic E-state index is 12.6. The van der Waals surface area contributed by atoms with E-state index < -0.39 is 11.4 Å². The standard InChI is InChI=1S/C17H24N4O3S/c22-14(23)17-5-1-2-12(17)10-21(11-17)15(24)19-13-3-7-20(8-4-13)16-18-6-9-25-16/h6,9,12-13H,1-5,7-8,10-11H2,(H,19,24)(H,22,23)/t12-,17+/m0/s1. The van der Waals surface area contributed by atoms with Crippen LogP contribution in [0.4, 0.5) is 9.93 Å². The predicted molar refractivity (Wildman–Crippen MR) is 94.9 cm³/mol. The lowest BCUT2D eigenvalue weighted by atomic mass is 9.81. The number of aromatic nitrogens is 1. The molecule has 4 rings (SSSR count). The summed E-state index contributed by atoms with van der Waals surface area (Å²) in [5.74, 6) is -0.621. The van der Waals surface area contributed by atoms with Crippen molar-refractivity contribution in [2.75, 3.05) is 31.1 Å². The third-order valence-electron chi connectivity index (χ3n) is 6.10. The normalized spacial score (nSPS) is 29.7. The van der Waals surface area contributed by atoms with Gasteiger partial charge >= 0.3 is 12.0 Å². The number of anilines is 1. The number of hydrogen-bond donors (Lipinski definition) is 2. The van der Waals surface area contributed by atoms with E-state index in [-0.39, 0.29) is 18.0 Å². The lowest BCUT2D eigenvalue weighted by Crippen LogP contribution is -2.49. The fraction of sp³-hybridized carbons (Fsp3) is 0.706. The molecule has 1 aliphatic carbocycles. The van der Waals surface area contributed by atoms with Gasteiger partial charge in [-0.1, -0.05) is 6.42 Å². The Morgan fingerprint density at radius 2 is 2.12 bits per heavy atom. The molecule has 0 aromatic carbocycles. The first-order valence-corrected chi connectivity index (χ1v) is 9.90. The number of carboxylic acids is 1. The zero-order chi connectivity index (χ0) is 17.4. The summed E-state index contributed by atoms with van der Waals surface area (Å²) < 4.78 is 0. The van der Waals surface area contributed by atoms with Crippen molar-refractivity contribution in [2.24, 2.45) is 11.3 Å². The number of hydrogen-bond acceptors (Lipinski definition) is 5. The van der Waals surface area contributed by atoms with E-state index in [9.17, 15) is 14.7 Å². The molecule has 3 fully saturated rings. The number of nitrogens with one attached hydrogen (secondary N) is 1. The van der Waals surface area contributed by atoms with Crippen LogP contribution in [0.5, 0.6) is 0 Å². The van der Waals surface area contributed by atoms with E-state index in [2.05, 4.69) is 15.2 Å². The van der Waals surface area contributed by atoms with Crippen molar-refractivity contribution in [1.82, 2.24) is 15.2 Å². The van der Waals surface area contributed by atoms with Crippen molar-refractivity contribution in [3.8, 4) is 0 Å². The quantitative estimate of drug-likeness (QED) is 0.857. The van der Waals surface area contributed by atoms with Crippen LogP contribution in [0.15, 0.2) is 11.6 Å². The first-order chi connectivity index (χ1) is 12.1. The summed E-state index contributed by atoms with van der Waals surface area (Å²) >= 11 is 1.64. The molecule has 2 saturated heterocycles. The number of piperidine rings is 1. The monoisotopic (exact) mass is 364 g/mol. The molecule has 2 aliphatic heterocycles. The molecule has 2 amide bonds. The number of aliphatic carboxylic acids is 1. The van der Waals surface area contributed by atoms with E-state index in [1.807, 2.05) is 11.6 Å². The molecule has 0 spiro atoms. The molecule has 136 valence electrons. The average molecular weight is 364 g/mol. The molecule has 3 heterocycles. The van der Waals surface area contributed by atoms with Gasteiger partial charge in [0.05, 0.1) is 5.41 Å². The number of likely N-dealkylation sites (tertiary alicyclic amines) is 1. The summed E-state index contributed by atoms with van der Waals surface area (Å²) in [6.45, 7) is 2.72. The van der Waals surface area contributed by atoms with E-state index in [1.54, 1.807) is 16.2 Å². The van der Waals surface area contributed by atoms with Gasteiger partial charge in [0.15, 0.2) is 5.13 Å². The van der Waals surface area contributed by atoms with E-state index in [0.717, 1.165) is 43.9 Å². The molecule has 2 N–H and O–H groups in total. The number of thiazole rings is 1. The minimum atomic E-state index is -0.734. The molecule has 2 atom stereocenters. The highest BCUT2D eigenvalue weighted by atomic mass is 32.1. The molecule has 0 unspecified atom stereocenters. The van der Waals surface area contributed by atoms with Crippen LogP contribution >= 0.6 is 11.3 Å². The maximum absolute atomic E-state index is 12.6. The maximum Gasteiger partial charge on any atom is 0.317 e. The number of carboxylic acid groups (broad SMARTS) is 1. The number of nitrogens with zero attached hydrogens (tertiary/aromatic N) is 3. The Hall–Kier alpha value is -1.83. The Labute approximate surface area is 151 Å². The van der Waals surface area contributed by atoms with Gasteiger partial charge < -0.3 is 20.2 Å². The Morgan fingerprint density at radius 1 is 1.32 bits per heavy atom. The fourth-order valence-electron chi connectivity index (χ4n) is 4.65. The van der Waals surface area contributed by atoms with E-state index in [4.69, 9.17) is 0 Å². The highest BCUT2D eigenvalue weighted by molar-refractivity contribution is 7.13. The van der Waals surface area contributed by atoms with Crippen LogP contribution in [0.2, 0.25) is 0 Å². The van der Waals surface area contributed by atoms with Crippen molar-refractivity contribution in [3.63, 3.8) is 0 Å². The minimum Gasteiger partial charge on any atom is -0.481 e. The number of rotatable bonds is 3. The number of carbonyl (C=O) groups is 2. The summed E-state index contributed by atoms with van der Waals surface area (Å²) in [7, 11) is 0. The van der Waals surface area contributed by atoms with Crippen molar-refractivity contribution < 1.29 is 14.7 Å². The van der Waals surface area contributed by atoms with Gasteiger partial charge in [0, 0.05) is 43.8 Å². The van der Waals surface area contributed by atoms with Crippen LogP contribution in [0.3, 0.4) is 0 Å². The van der Waals surface area contributed by atoms with E-state index in [0.29, 0.717) is 19.5 Å². The zero-order valence-corrected chi connectivity index (χ0v) is 15.0. The Morgan fingerprint density at radius 3 is 2.76 bits per heavy atom. The summed E-state index contributed by atoms with van der Waals surface area (Å²) in [4.78, 5) is 32.7. The van der Waals surface area contributed by atoms with Gasteiger partial charge in [0.1, 0.15) is 0 Å². The Balaban J connectivity index is 1.31. The van der Waals surface area contributed by atoms with Gasteiger partial charge in [-0.25, -0.2) is 9.78 Å². The zero-order valence-electron chi connectivity index (χ0n) is 14.2. The summed E-state index contributed by atoms with van der Waals surface area (Å²) in [5, 5.41) is 15.8. The van der Waals surface area contributed by atoms with Crippen molar-refractivity contribution in [2.45, 2.75) is 38.1 Å². The van der Waals surface area contributed by atoms with Crippen molar-refractivity contribution in [3.05, 3.63) is 11.6 Å². The Kier molecular flexibility index (Phi) is 4.31. The molecule has 0 radical (unpaired) electrons. The number of amides is 2. The van der Waals surface area contributed by atoms with E-state index >= 15 is 0 Å². The molecule has 3 aliphatic rings. The molecule has 1 aromatic rings. The SMILES string of the molecule is O=C(NC1CCN(c2nccs2)CC1)N1C[C@@H]2CCC[C@@]2(C(=O)O)C1. The van der Waals surface area contributed by atoms with Gasteiger partial charge in [-0.05, 0) is 31.6 Å². The summed E-state index contributed by atoms with van der Waals surface area (Å²) in [5.41, 5.74) is -0.703. The highest BCUT2D eigenvalue weighted by Gasteiger charge is 2.55. The van der Waals surface area contributed by atoms with Gasteiger partial charge in [-0.2, -0.15) is 0 Å². The first kappa shape index (κ1) is 16.6. The van der Waals surface area contributed by atoms with Gasteiger partial charge in [0.25, 0.3) is 0 Å². The molecule has 7 nitrogen and oxygen atoms in total. The summed E-state index contributed by atoms with van der Waals surface area (Å²) in [6.07, 6.45) is 6.18. The van der Waals surface area contributed by atoms with Crippen LogP contribution in [0, 0.1) is 11.3 Å². The molecule has 8 heteroatoms. The molecule has 1 saturated carbocycles. The molecular weight excluding hydrogens is 340 g/mol. The second-order valence-corrected chi connectivity index (χ2v) is 8.33. The lowest BCUT2D eigenvalue weighted by molar-refractivity contribution is -0.149. The van der Waals surface area contributed by atoms with Crippen LogP contribution in [0.1, 0.15) is 32.1 Å².